The normalized spacial score (nSPS) is 13.8. The Bertz CT molecular complexity index is 554. The third-order valence-electron chi connectivity index (χ3n) is 2.90. The third kappa shape index (κ3) is 3.91. The van der Waals surface area contributed by atoms with Gasteiger partial charge in [-0.25, -0.2) is 12.8 Å². The van der Waals surface area contributed by atoms with Gasteiger partial charge in [0.05, 0.1) is 16.9 Å². The molecule has 114 valence electrons. The fourth-order valence-corrected chi connectivity index (χ4v) is 4.11. The van der Waals surface area contributed by atoms with E-state index >= 15 is 0 Å². The molecular formula is C13H19ClFNO3S. The predicted molar refractivity (Wildman–Crippen MR) is 77.2 cm³/mol. The Morgan fingerprint density at radius 3 is 2.30 bits per heavy atom. The molecule has 0 saturated heterocycles. The number of nitrogens with zero attached hydrogens (tertiary/aromatic N) is 1. The molecule has 1 unspecified atom stereocenters. The zero-order valence-corrected chi connectivity index (χ0v) is 13.6. The summed E-state index contributed by atoms with van der Waals surface area (Å²) in [6.45, 7) is 3.52. The second-order valence-corrected chi connectivity index (χ2v) is 7.31. The van der Waals surface area contributed by atoms with Crippen LogP contribution in [-0.2, 0) is 14.8 Å². The van der Waals surface area contributed by atoms with Crippen molar-refractivity contribution >= 4 is 21.6 Å². The fraction of sp³-hybridized carbons (Fsp3) is 0.538. The summed E-state index contributed by atoms with van der Waals surface area (Å²) in [6.07, 6.45) is 0. The number of hydrogen-bond donors (Lipinski definition) is 0. The molecule has 0 aliphatic rings. The van der Waals surface area contributed by atoms with Crippen LogP contribution >= 0.6 is 11.6 Å². The Morgan fingerprint density at radius 1 is 1.35 bits per heavy atom. The van der Waals surface area contributed by atoms with Crippen LogP contribution in [0.1, 0.15) is 11.1 Å². The average molecular weight is 324 g/mol. The van der Waals surface area contributed by atoms with Crippen LogP contribution in [0.4, 0.5) is 4.39 Å². The first-order valence-corrected chi connectivity index (χ1v) is 7.94. The number of alkyl halides is 1. The lowest BCUT2D eigenvalue weighted by Gasteiger charge is -2.22. The third-order valence-corrected chi connectivity index (χ3v) is 5.29. The lowest BCUT2D eigenvalue weighted by Crippen LogP contribution is -2.34. The Balaban J connectivity index is 3.11. The van der Waals surface area contributed by atoms with Gasteiger partial charge in [0.2, 0.25) is 10.0 Å². The van der Waals surface area contributed by atoms with Crippen LogP contribution < -0.4 is 0 Å². The van der Waals surface area contributed by atoms with Crippen LogP contribution in [-0.4, -0.2) is 45.4 Å². The fourth-order valence-electron chi connectivity index (χ4n) is 2.07. The lowest BCUT2D eigenvalue weighted by molar-refractivity contribution is 0.192. The first-order chi connectivity index (χ1) is 9.20. The average Bonchev–Trinajstić information content (AvgIpc) is 2.26. The maximum absolute atomic E-state index is 13.3. The Labute approximate surface area is 124 Å². The highest BCUT2D eigenvalue weighted by molar-refractivity contribution is 7.89. The molecule has 0 amide bonds. The summed E-state index contributed by atoms with van der Waals surface area (Å²) in [5.74, 6) is -0.448. The Hall–Kier alpha value is -0.690. The van der Waals surface area contributed by atoms with Crippen molar-refractivity contribution in [1.29, 1.82) is 0 Å². The predicted octanol–water partition coefficient (Wildman–Crippen LogP) is 2.32. The van der Waals surface area contributed by atoms with Gasteiger partial charge in [0.15, 0.2) is 0 Å². The first kappa shape index (κ1) is 17.4. The molecule has 0 aliphatic heterocycles. The van der Waals surface area contributed by atoms with Gasteiger partial charge in [-0.1, -0.05) is 0 Å². The quantitative estimate of drug-likeness (QED) is 0.755. The molecule has 1 aromatic carbocycles. The van der Waals surface area contributed by atoms with Crippen molar-refractivity contribution in [3.8, 4) is 0 Å². The SMILES string of the molecule is COCC(Cl)CN(C)S(=O)(=O)c1c(C)cc(F)cc1C. The minimum Gasteiger partial charge on any atom is -0.383 e. The summed E-state index contributed by atoms with van der Waals surface area (Å²) >= 11 is 5.98. The molecule has 1 aromatic rings. The first-order valence-electron chi connectivity index (χ1n) is 6.06. The number of hydrogen-bond acceptors (Lipinski definition) is 3. The minimum absolute atomic E-state index is 0.119. The number of halogens is 2. The number of aryl methyl sites for hydroxylation is 2. The monoisotopic (exact) mass is 323 g/mol. The molecule has 1 atom stereocenters. The van der Waals surface area contributed by atoms with E-state index in [-0.39, 0.29) is 18.0 Å². The van der Waals surface area contributed by atoms with E-state index in [9.17, 15) is 12.8 Å². The molecule has 0 aliphatic carbocycles. The van der Waals surface area contributed by atoms with Crippen LogP contribution in [0.2, 0.25) is 0 Å². The van der Waals surface area contributed by atoms with E-state index in [0.29, 0.717) is 11.1 Å². The molecule has 0 saturated carbocycles. The summed E-state index contributed by atoms with van der Waals surface area (Å²) in [7, 11) is -0.759. The molecule has 0 heterocycles. The Morgan fingerprint density at radius 2 is 1.85 bits per heavy atom. The molecule has 1 rings (SSSR count). The largest absolute Gasteiger partial charge is 0.383 e. The van der Waals surface area contributed by atoms with Crippen LogP contribution in [0.25, 0.3) is 0 Å². The van der Waals surface area contributed by atoms with E-state index in [1.807, 2.05) is 0 Å². The van der Waals surface area contributed by atoms with Crippen molar-refractivity contribution in [3.63, 3.8) is 0 Å². The van der Waals surface area contributed by atoms with Crippen molar-refractivity contribution in [2.24, 2.45) is 0 Å². The van der Waals surface area contributed by atoms with Gasteiger partial charge in [-0.2, -0.15) is 4.31 Å². The number of rotatable bonds is 6. The van der Waals surface area contributed by atoms with Crippen molar-refractivity contribution < 1.29 is 17.5 Å². The maximum atomic E-state index is 13.3. The molecule has 0 radical (unpaired) electrons. The molecule has 4 nitrogen and oxygen atoms in total. The van der Waals surface area contributed by atoms with E-state index in [1.54, 1.807) is 13.8 Å². The molecule has 0 fully saturated rings. The van der Waals surface area contributed by atoms with E-state index < -0.39 is 21.2 Å². The van der Waals surface area contributed by atoms with Crippen molar-refractivity contribution in [2.75, 3.05) is 27.3 Å². The lowest BCUT2D eigenvalue weighted by atomic mass is 10.1. The van der Waals surface area contributed by atoms with Gasteiger partial charge in [0, 0.05) is 20.7 Å². The van der Waals surface area contributed by atoms with Gasteiger partial charge in [-0.15, -0.1) is 11.6 Å². The molecule has 20 heavy (non-hydrogen) atoms. The van der Waals surface area contributed by atoms with Crippen LogP contribution in [0.5, 0.6) is 0 Å². The molecule has 7 heteroatoms. The molecule has 0 N–H and O–H groups in total. The van der Waals surface area contributed by atoms with Gasteiger partial charge in [0.25, 0.3) is 0 Å². The number of sulfonamides is 1. The summed E-state index contributed by atoms with van der Waals surface area (Å²) in [4.78, 5) is 0.127. The smallest absolute Gasteiger partial charge is 0.243 e. The number of methoxy groups -OCH3 is 1. The zero-order chi connectivity index (χ0) is 15.5. The van der Waals surface area contributed by atoms with Gasteiger partial charge in [0.1, 0.15) is 5.82 Å². The summed E-state index contributed by atoms with van der Waals surface area (Å²) in [6, 6.07) is 2.42. The Kier molecular flexibility index (Phi) is 5.94. The van der Waals surface area contributed by atoms with Crippen molar-refractivity contribution in [2.45, 2.75) is 24.1 Å². The minimum atomic E-state index is -3.70. The highest BCUT2D eigenvalue weighted by Gasteiger charge is 2.26. The highest BCUT2D eigenvalue weighted by Crippen LogP contribution is 2.24. The van der Waals surface area contributed by atoms with Gasteiger partial charge >= 0.3 is 0 Å². The summed E-state index contributed by atoms with van der Waals surface area (Å²) in [5, 5.41) is -0.444. The number of ether oxygens (including phenoxy) is 1. The van der Waals surface area contributed by atoms with Gasteiger partial charge in [-0.05, 0) is 37.1 Å². The highest BCUT2D eigenvalue weighted by atomic mass is 35.5. The molecule has 0 aromatic heterocycles. The van der Waals surface area contributed by atoms with E-state index in [2.05, 4.69) is 0 Å². The van der Waals surface area contributed by atoms with Gasteiger partial charge in [-0.3, -0.25) is 0 Å². The molecule has 0 spiro atoms. The van der Waals surface area contributed by atoms with Gasteiger partial charge < -0.3 is 4.74 Å². The molecule has 0 bridgehead atoms. The summed E-state index contributed by atoms with van der Waals surface area (Å²) < 4.78 is 44.4. The van der Waals surface area contributed by atoms with Crippen molar-refractivity contribution in [3.05, 3.63) is 29.1 Å². The van der Waals surface area contributed by atoms with Crippen LogP contribution in [0.15, 0.2) is 17.0 Å². The topological polar surface area (TPSA) is 46.6 Å². The van der Waals surface area contributed by atoms with Crippen molar-refractivity contribution in [1.82, 2.24) is 4.31 Å². The summed E-state index contributed by atoms with van der Waals surface area (Å²) in [5.41, 5.74) is 0.763. The molecular weight excluding hydrogens is 305 g/mol. The van der Waals surface area contributed by atoms with E-state index in [4.69, 9.17) is 16.3 Å². The number of benzene rings is 1. The maximum Gasteiger partial charge on any atom is 0.243 e. The second-order valence-electron chi connectivity index (χ2n) is 4.71. The zero-order valence-electron chi connectivity index (χ0n) is 12.0. The van der Waals surface area contributed by atoms with Crippen LogP contribution in [0.3, 0.4) is 0 Å². The second kappa shape index (κ2) is 6.85. The van der Waals surface area contributed by atoms with Crippen LogP contribution in [0, 0.1) is 19.7 Å². The van der Waals surface area contributed by atoms with E-state index in [1.165, 1.54) is 26.3 Å². The standard InChI is InChI=1S/C13H19ClFNO3S/c1-9-5-12(15)6-10(2)13(9)20(17,18)16(3)7-11(14)8-19-4/h5-6,11H,7-8H2,1-4H3. The van der Waals surface area contributed by atoms with E-state index in [0.717, 1.165) is 4.31 Å².